The maximum Gasteiger partial charge on any atom is 0.356 e. The van der Waals surface area contributed by atoms with Crippen molar-refractivity contribution in [1.82, 2.24) is 9.78 Å². The summed E-state index contributed by atoms with van der Waals surface area (Å²) in [5.41, 5.74) is -0.431. The SMILES string of the molecule is CCOC(=O)c1c(C)c(C(C)(F)F)nn1CC1CCC(F)(F)CC1. The van der Waals surface area contributed by atoms with Crippen LogP contribution in [0, 0.1) is 12.8 Å². The molecule has 0 atom stereocenters. The standard InChI is InChI=1S/C16H22F4N2O2/c1-4-24-14(23)12-10(2)13(15(3,17)18)21-22(12)9-11-5-7-16(19,20)8-6-11/h11H,4-9H2,1-3H3. The molecule has 2 rings (SSSR count). The fourth-order valence-electron chi connectivity index (χ4n) is 3.09. The Labute approximate surface area is 138 Å². The van der Waals surface area contributed by atoms with Gasteiger partial charge in [0.1, 0.15) is 11.4 Å². The van der Waals surface area contributed by atoms with Gasteiger partial charge in [-0.25, -0.2) is 13.6 Å². The number of carbonyl (C=O) groups is 1. The van der Waals surface area contributed by atoms with Crippen LogP contribution in [-0.4, -0.2) is 28.3 Å². The first-order valence-corrected chi connectivity index (χ1v) is 8.06. The quantitative estimate of drug-likeness (QED) is 0.587. The van der Waals surface area contributed by atoms with Crippen molar-refractivity contribution in [2.45, 2.75) is 64.8 Å². The number of halogens is 4. The highest BCUT2D eigenvalue weighted by Gasteiger charge is 2.38. The normalized spacial score (nSPS) is 18.6. The second kappa shape index (κ2) is 6.72. The van der Waals surface area contributed by atoms with Gasteiger partial charge in [0.05, 0.1) is 6.61 Å². The van der Waals surface area contributed by atoms with Crippen LogP contribution < -0.4 is 0 Å². The molecule has 1 aromatic heterocycles. The summed E-state index contributed by atoms with van der Waals surface area (Å²) in [4.78, 5) is 12.1. The molecular weight excluding hydrogens is 328 g/mol. The van der Waals surface area contributed by atoms with Crippen molar-refractivity contribution in [3.8, 4) is 0 Å². The number of ether oxygens (including phenoxy) is 1. The third-order valence-corrected chi connectivity index (χ3v) is 4.34. The van der Waals surface area contributed by atoms with Crippen molar-refractivity contribution in [2.24, 2.45) is 5.92 Å². The molecule has 0 N–H and O–H groups in total. The zero-order valence-electron chi connectivity index (χ0n) is 14.0. The van der Waals surface area contributed by atoms with Gasteiger partial charge in [-0.05, 0) is 32.6 Å². The van der Waals surface area contributed by atoms with E-state index in [0.29, 0.717) is 6.92 Å². The maximum atomic E-state index is 13.7. The number of carbonyl (C=O) groups excluding carboxylic acids is 1. The first kappa shape index (κ1) is 18.7. The number of hydrogen-bond acceptors (Lipinski definition) is 3. The highest BCUT2D eigenvalue weighted by Crippen LogP contribution is 2.37. The number of esters is 1. The van der Waals surface area contributed by atoms with Crippen LogP contribution in [0.25, 0.3) is 0 Å². The van der Waals surface area contributed by atoms with E-state index in [1.165, 1.54) is 11.6 Å². The minimum Gasteiger partial charge on any atom is -0.461 e. The third kappa shape index (κ3) is 4.08. The molecule has 8 heteroatoms. The van der Waals surface area contributed by atoms with Crippen LogP contribution in [0.15, 0.2) is 0 Å². The molecule has 0 spiro atoms. The van der Waals surface area contributed by atoms with E-state index in [1.54, 1.807) is 6.92 Å². The summed E-state index contributed by atoms with van der Waals surface area (Å²) in [6, 6.07) is 0. The van der Waals surface area contributed by atoms with E-state index in [4.69, 9.17) is 4.74 Å². The van der Waals surface area contributed by atoms with Crippen LogP contribution in [0.5, 0.6) is 0 Å². The molecule has 1 heterocycles. The van der Waals surface area contributed by atoms with Crippen molar-refractivity contribution < 1.29 is 27.1 Å². The van der Waals surface area contributed by atoms with E-state index in [0.717, 1.165) is 0 Å². The van der Waals surface area contributed by atoms with Crippen LogP contribution >= 0.6 is 0 Å². The predicted octanol–water partition coefficient (Wildman–Crippen LogP) is 4.31. The monoisotopic (exact) mass is 350 g/mol. The molecule has 0 saturated heterocycles. The topological polar surface area (TPSA) is 44.1 Å². The average Bonchev–Trinajstić information content (AvgIpc) is 2.78. The van der Waals surface area contributed by atoms with E-state index >= 15 is 0 Å². The van der Waals surface area contributed by atoms with E-state index in [1.807, 2.05) is 0 Å². The van der Waals surface area contributed by atoms with Gasteiger partial charge in [0.15, 0.2) is 0 Å². The Morgan fingerprint density at radius 3 is 2.46 bits per heavy atom. The zero-order valence-corrected chi connectivity index (χ0v) is 14.0. The number of alkyl halides is 4. The fourth-order valence-corrected chi connectivity index (χ4v) is 3.09. The molecule has 0 radical (unpaired) electrons. The lowest BCUT2D eigenvalue weighted by atomic mass is 9.87. The van der Waals surface area contributed by atoms with Gasteiger partial charge in [-0.1, -0.05) is 0 Å². The Balaban J connectivity index is 2.29. The summed E-state index contributed by atoms with van der Waals surface area (Å²) in [7, 11) is 0. The van der Waals surface area contributed by atoms with Crippen molar-refractivity contribution >= 4 is 5.97 Å². The van der Waals surface area contributed by atoms with E-state index in [2.05, 4.69) is 5.10 Å². The second-order valence-electron chi connectivity index (χ2n) is 6.41. The van der Waals surface area contributed by atoms with Gasteiger partial charge < -0.3 is 4.74 Å². The lowest BCUT2D eigenvalue weighted by molar-refractivity contribution is -0.0478. The van der Waals surface area contributed by atoms with Crippen LogP contribution in [-0.2, 0) is 17.2 Å². The summed E-state index contributed by atoms with van der Waals surface area (Å²) in [6.45, 7) is 3.99. The Kier molecular flexibility index (Phi) is 5.25. The molecule has 0 unspecified atom stereocenters. The molecule has 0 aromatic carbocycles. The minimum atomic E-state index is -3.20. The van der Waals surface area contributed by atoms with Crippen molar-refractivity contribution in [3.05, 3.63) is 17.0 Å². The summed E-state index contributed by atoms with van der Waals surface area (Å²) < 4.78 is 60.1. The average molecular weight is 350 g/mol. The Morgan fingerprint density at radius 1 is 1.38 bits per heavy atom. The number of rotatable bonds is 5. The molecule has 136 valence electrons. The molecule has 1 aliphatic rings. The molecule has 0 bridgehead atoms. The highest BCUT2D eigenvalue weighted by atomic mass is 19.3. The first-order chi connectivity index (χ1) is 11.0. The molecule has 1 saturated carbocycles. The molecule has 1 aromatic rings. The van der Waals surface area contributed by atoms with Gasteiger partial charge >= 0.3 is 5.97 Å². The maximum absolute atomic E-state index is 13.7. The van der Waals surface area contributed by atoms with E-state index < -0.39 is 23.5 Å². The van der Waals surface area contributed by atoms with Gasteiger partial charge in [-0.3, -0.25) is 4.68 Å². The number of nitrogens with zero attached hydrogens (tertiary/aromatic N) is 2. The predicted molar refractivity (Wildman–Crippen MR) is 79.4 cm³/mol. The summed E-state index contributed by atoms with van der Waals surface area (Å²) in [5, 5.41) is 3.89. The van der Waals surface area contributed by atoms with E-state index in [9.17, 15) is 22.4 Å². The summed E-state index contributed by atoms with van der Waals surface area (Å²) in [5.74, 6) is -6.72. The van der Waals surface area contributed by atoms with Gasteiger partial charge in [0.25, 0.3) is 5.92 Å². The van der Waals surface area contributed by atoms with Gasteiger partial charge in [-0.2, -0.15) is 13.9 Å². The second-order valence-corrected chi connectivity index (χ2v) is 6.41. The van der Waals surface area contributed by atoms with Crippen LogP contribution in [0.3, 0.4) is 0 Å². The van der Waals surface area contributed by atoms with Crippen LogP contribution in [0.4, 0.5) is 17.6 Å². The fraction of sp³-hybridized carbons (Fsp3) is 0.750. The van der Waals surface area contributed by atoms with Crippen LogP contribution in [0.1, 0.15) is 61.3 Å². The zero-order chi connectivity index (χ0) is 18.1. The highest BCUT2D eigenvalue weighted by molar-refractivity contribution is 5.89. The molecule has 0 amide bonds. The largest absolute Gasteiger partial charge is 0.461 e. The first-order valence-electron chi connectivity index (χ1n) is 8.06. The van der Waals surface area contributed by atoms with Crippen molar-refractivity contribution in [3.63, 3.8) is 0 Å². The van der Waals surface area contributed by atoms with Crippen molar-refractivity contribution in [2.75, 3.05) is 6.61 Å². The molecule has 1 fully saturated rings. The lowest BCUT2D eigenvalue weighted by Crippen LogP contribution is -2.28. The minimum absolute atomic E-state index is 0.0225. The smallest absolute Gasteiger partial charge is 0.356 e. The Hall–Kier alpha value is -1.60. The van der Waals surface area contributed by atoms with Crippen LogP contribution in [0.2, 0.25) is 0 Å². The molecular formula is C16H22F4N2O2. The van der Waals surface area contributed by atoms with Crippen molar-refractivity contribution in [1.29, 1.82) is 0 Å². The van der Waals surface area contributed by atoms with Gasteiger partial charge in [-0.15, -0.1) is 0 Å². The molecule has 24 heavy (non-hydrogen) atoms. The van der Waals surface area contributed by atoms with Gasteiger partial charge in [0, 0.05) is 31.9 Å². The summed E-state index contributed by atoms with van der Waals surface area (Å²) >= 11 is 0. The lowest BCUT2D eigenvalue weighted by Gasteiger charge is -2.28. The molecule has 0 aliphatic heterocycles. The molecule has 1 aliphatic carbocycles. The number of aromatic nitrogens is 2. The summed E-state index contributed by atoms with van der Waals surface area (Å²) in [6.07, 6.45) is 0.0744. The Bertz CT molecular complexity index is 598. The van der Waals surface area contributed by atoms with E-state index in [-0.39, 0.29) is 56.0 Å². The molecule has 4 nitrogen and oxygen atoms in total. The van der Waals surface area contributed by atoms with Gasteiger partial charge in [0.2, 0.25) is 5.92 Å². The third-order valence-electron chi connectivity index (χ3n) is 4.34. The number of hydrogen-bond donors (Lipinski definition) is 0. The Morgan fingerprint density at radius 2 is 1.96 bits per heavy atom.